The van der Waals surface area contributed by atoms with Crippen LogP contribution in [0, 0.1) is 6.92 Å². The molecule has 0 saturated heterocycles. The Bertz CT molecular complexity index is 501. The third-order valence-electron chi connectivity index (χ3n) is 2.68. The number of aryl methyl sites for hydroxylation is 1. The lowest BCUT2D eigenvalue weighted by Gasteiger charge is -2.14. The molecule has 0 fully saturated rings. The van der Waals surface area contributed by atoms with Gasteiger partial charge in [-0.15, -0.1) is 11.3 Å². The molecule has 0 aliphatic heterocycles. The van der Waals surface area contributed by atoms with E-state index < -0.39 is 0 Å². The zero-order valence-corrected chi connectivity index (χ0v) is 11.0. The van der Waals surface area contributed by atoms with E-state index in [2.05, 4.69) is 24.0 Å². The first-order chi connectivity index (χ1) is 8.17. The second-order valence-corrected chi connectivity index (χ2v) is 4.61. The van der Waals surface area contributed by atoms with E-state index in [1.807, 2.05) is 17.2 Å². The van der Waals surface area contributed by atoms with Crippen molar-refractivity contribution >= 4 is 23.0 Å². The van der Waals surface area contributed by atoms with Gasteiger partial charge in [0, 0.05) is 13.1 Å². The fourth-order valence-electron chi connectivity index (χ4n) is 1.56. The minimum atomic E-state index is 0.502. The van der Waals surface area contributed by atoms with E-state index in [4.69, 9.17) is 10.3 Å². The summed E-state index contributed by atoms with van der Waals surface area (Å²) in [6.45, 7) is 7.80. The van der Waals surface area contributed by atoms with Crippen LogP contribution < -0.4 is 10.6 Å². The van der Waals surface area contributed by atoms with E-state index in [0.29, 0.717) is 11.8 Å². The molecule has 0 aromatic carbocycles. The Hall–Kier alpha value is -1.56. The van der Waals surface area contributed by atoms with Crippen LogP contribution in [-0.2, 0) is 0 Å². The van der Waals surface area contributed by atoms with Gasteiger partial charge in [0.05, 0.1) is 5.69 Å². The van der Waals surface area contributed by atoms with E-state index in [1.165, 1.54) is 11.3 Å². The Kier molecular flexibility index (Phi) is 3.33. The van der Waals surface area contributed by atoms with Crippen LogP contribution in [0.25, 0.3) is 10.8 Å². The number of hydrogen-bond acceptors (Lipinski definition) is 6. The Morgan fingerprint density at radius 3 is 2.65 bits per heavy atom. The van der Waals surface area contributed by atoms with Crippen molar-refractivity contribution in [3.8, 4) is 10.8 Å². The molecular weight excluding hydrogens is 236 g/mol. The molecule has 2 heterocycles. The molecule has 0 bridgehead atoms. The molecule has 6 heteroatoms. The lowest BCUT2D eigenvalue weighted by Crippen LogP contribution is -2.22. The second kappa shape index (κ2) is 4.75. The minimum absolute atomic E-state index is 0.502. The van der Waals surface area contributed by atoms with Gasteiger partial charge in [0.15, 0.2) is 0 Å². The van der Waals surface area contributed by atoms with E-state index in [-0.39, 0.29) is 0 Å². The Balaban J connectivity index is 2.32. The van der Waals surface area contributed by atoms with Crippen LogP contribution in [-0.4, -0.2) is 23.2 Å². The Morgan fingerprint density at radius 1 is 1.41 bits per heavy atom. The van der Waals surface area contributed by atoms with Gasteiger partial charge in [0.25, 0.3) is 11.8 Å². The van der Waals surface area contributed by atoms with E-state index >= 15 is 0 Å². The predicted molar refractivity (Wildman–Crippen MR) is 70.3 cm³/mol. The summed E-state index contributed by atoms with van der Waals surface area (Å²) in [6, 6.07) is 0. The highest BCUT2D eigenvalue weighted by atomic mass is 32.1. The van der Waals surface area contributed by atoms with Crippen molar-refractivity contribution in [3.05, 3.63) is 10.9 Å². The van der Waals surface area contributed by atoms with Gasteiger partial charge < -0.3 is 15.2 Å². The maximum atomic E-state index is 5.95. The number of nitrogens with zero attached hydrogens (tertiary/aromatic N) is 3. The molecule has 17 heavy (non-hydrogen) atoms. The lowest BCUT2D eigenvalue weighted by atomic mass is 10.3. The average molecular weight is 252 g/mol. The Labute approximate surface area is 104 Å². The monoisotopic (exact) mass is 252 g/mol. The maximum absolute atomic E-state index is 5.95. The van der Waals surface area contributed by atoms with Crippen molar-refractivity contribution in [3.63, 3.8) is 0 Å². The van der Waals surface area contributed by atoms with Gasteiger partial charge in [-0.2, -0.15) is 4.98 Å². The van der Waals surface area contributed by atoms with Crippen molar-refractivity contribution in [2.75, 3.05) is 23.7 Å². The van der Waals surface area contributed by atoms with Crippen molar-refractivity contribution in [2.45, 2.75) is 20.8 Å². The number of anilines is 2. The van der Waals surface area contributed by atoms with Crippen LogP contribution in [0.15, 0.2) is 9.90 Å². The summed E-state index contributed by atoms with van der Waals surface area (Å²) in [7, 11) is 0. The number of rotatable bonds is 4. The standard InChI is InChI=1S/C11H16N4OS/c1-4-15(5-2)11-13-10(16-14-11)9-8(12)7(3)6-17-9/h6H,4-5,12H2,1-3H3. The molecule has 5 nitrogen and oxygen atoms in total. The van der Waals surface area contributed by atoms with Crippen molar-refractivity contribution in [2.24, 2.45) is 0 Å². The predicted octanol–water partition coefficient (Wildman–Crippen LogP) is 2.53. The highest BCUT2D eigenvalue weighted by molar-refractivity contribution is 7.14. The van der Waals surface area contributed by atoms with Crippen molar-refractivity contribution in [1.29, 1.82) is 0 Å². The van der Waals surface area contributed by atoms with Gasteiger partial charge in [-0.1, -0.05) is 0 Å². The highest BCUT2D eigenvalue weighted by Crippen LogP contribution is 2.34. The molecule has 2 N–H and O–H groups in total. The van der Waals surface area contributed by atoms with E-state index in [9.17, 15) is 0 Å². The van der Waals surface area contributed by atoms with Gasteiger partial charge in [-0.25, -0.2) is 0 Å². The number of nitrogens with two attached hydrogens (primary N) is 1. The van der Waals surface area contributed by atoms with E-state index in [1.54, 1.807) is 0 Å². The van der Waals surface area contributed by atoms with Gasteiger partial charge in [0.2, 0.25) is 0 Å². The molecule has 0 atom stereocenters. The minimum Gasteiger partial charge on any atom is -0.397 e. The number of nitrogen functional groups attached to an aromatic ring is 1. The maximum Gasteiger partial charge on any atom is 0.271 e. The molecule has 92 valence electrons. The average Bonchev–Trinajstić information content (AvgIpc) is 2.90. The van der Waals surface area contributed by atoms with Crippen molar-refractivity contribution < 1.29 is 4.52 Å². The quantitative estimate of drug-likeness (QED) is 0.905. The normalized spacial score (nSPS) is 10.8. The largest absolute Gasteiger partial charge is 0.397 e. The molecule has 0 aliphatic carbocycles. The smallest absolute Gasteiger partial charge is 0.271 e. The molecule has 0 saturated carbocycles. The van der Waals surface area contributed by atoms with Gasteiger partial charge >= 0.3 is 0 Å². The summed E-state index contributed by atoms with van der Waals surface area (Å²) in [4.78, 5) is 7.26. The fraction of sp³-hybridized carbons (Fsp3) is 0.455. The van der Waals surface area contributed by atoms with Gasteiger partial charge in [-0.05, 0) is 36.9 Å². The topological polar surface area (TPSA) is 68.2 Å². The van der Waals surface area contributed by atoms with Crippen LogP contribution in [0.3, 0.4) is 0 Å². The molecule has 2 rings (SSSR count). The van der Waals surface area contributed by atoms with Crippen LogP contribution >= 0.6 is 11.3 Å². The Morgan fingerprint density at radius 2 is 2.12 bits per heavy atom. The molecule has 0 radical (unpaired) electrons. The molecule has 2 aromatic heterocycles. The van der Waals surface area contributed by atoms with Crippen LogP contribution in [0.4, 0.5) is 11.6 Å². The molecule has 0 unspecified atom stereocenters. The number of thiophene rings is 1. The van der Waals surface area contributed by atoms with Gasteiger partial charge in [0.1, 0.15) is 4.88 Å². The molecule has 2 aromatic rings. The van der Waals surface area contributed by atoms with Crippen LogP contribution in [0.5, 0.6) is 0 Å². The zero-order chi connectivity index (χ0) is 12.4. The third kappa shape index (κ3) is 2.12. The third-order valence-corrected chi connectivity index (χ3v) is 3.78. The molecule has 0 aliphatic rings. The van der Waals surface area contributed by atoms with Crippen LogP contribution in [0.2, 0.25) is 0 Å². The molecule has 0 amide bonds. The summed E-state index contributed by atoms with van der Waals surface area (Å²) in [5, 5.41) is 5.97. The molecule has 0 spiro atoms. The molecular formula is C11H16N4OS. The first kappa shape index (κ1) is 11.9. The SMILES string of the molecule is CCN(CC)c1noc(-c2scc(C)c2N)n1. The van der Waals surface area contributed by atoms with E-state index in [0.717, 1.165) is 29.2 Å². The summed E-state index contributed by atoms with van der Waals surface area (Å²) in [5.74, 6) is 1.12. The fourth-order valence-corrected chi connectivity index (χ4v) is 2.46. The summed E-state index contributed by atoms with van der Waals surface area (Å²) in [6.07, 6.45) is 0. The van der Waals surface area contributed by atoms with Gasteiger partial charge in [-0.3, -0.25) is 0 Å². The van der Waals surface area contributed by atoms with Crippen LogP contribution in [0.1, 0.15) is 19.4 Å². The summed E-state index contributed by atoms with van der Waals surface area (Å²) in [5.41, 5.74) is 7.73. The lowest BCUT2D eigenvalue weighted by molar-refractivity contribution is 0.430. The number of hydrogen-bond donors (Lipinski definition) is 1. The summed E-state index contributed by atoms with van der Waals surface area (Å²) >= 11 is 1.53. The first-order valence-electron chi connectivity index (χ1n) is 5.59. The number of aromatic nitrogens is 2. The highest BCUT2D eigenvalue weighted by Gasteiger charge is 2.17. The second-order valence-electron chi connectivity index (χ2n) is 3.73. The first-order valence-corrected chi connectivity index (χ1v) is 6.47. The van der Waals surface area contributed by atoms with Crippen molar-refractivity contribution in [1.82, 2.24) is 10.1 Å². The summed E-state index contributed by atoms with van der Waals surface area (Å²) < 4.78 is 5.26. The zero-order valence-electron chi connectivity index (χ0n) is 10.2.